The van der Waals surface area contributed by atoms with Crippen LogP contribution in [-0.2, 0) is 14.3 Å². The summed E-state index contributed by atoms with van der Waals surface area (Å²) in [5.41, 5.74) is 5.91. The fourth-order valence-electron chi connectivity index (χ4n) is 4.91. The van der Waals surface area contributed by atoms with Crippen LogP contribution in [0.4, 0.5) is 4.39 Å². The van der Waals surface area contributed by atoms with Crippen molar-refractivity contribution < 1.29 is 33.4 Å². The molecule has 210 valence electrons. The number of benzene rings is 1. The van der Waals surface area contributed by atoms with E-state index in [0.29, 0.717) is 11.4 Å². The van der Waals surface area contributed by atoms with Crippen LogP contribution in [0.5, 0.6) is 11.5 Å². The molecule has 2 aliphatic carbocycles. The van der Waals surface area contributed by atoms with Crippen molar-refractivity contribution in [3.05, 3.63) is 59.4 Å². The summed E-state index contributed by atoms with van der Waals surface area (Å²) >= 11 is 0. The second-order valence-electron chi connectivity index (χ2n) is 9.53. The Morgan fingerprint density at radius 2 is 1.95 bits per heavy atom. The number of hydrogen-bond donors (Lipinski definition) is 3. The van der Waals surface area contributed by atoms with Crippen molar-refractivity contribution in [1.82, 2.24) is 20.4 Å². The zero-order valence-corrected chi connectivity index (χ0v) is 22.3. The highest BCUT2D eigenvalue weighted by Gasteiger charge is 2.29. The fraction of sp³-hybridized carbons (Fsp3) is 0.379. The largest absolute Gasteiger partial charge is 0.507 e. The van der Waals surface area contributed by atoms with Crippen molar-refractivity contribution >= 4 is 23.5 Å². The number of aromatic hydroxyl groups is 1. The number of phenolic OH excluding ortho intramolecular Hbond substituents is 1. The number of rotatable bonds is 10. The molecule has 0 aliphatic heterocycles. The predicted octanol–water partition coefficient (Wildman–Crippen LogP) is 3.64. The van der Waals surface area contributed by atoms with Crippen LogP contribution in [0.1, 0.15) is 49.0 Å². The number of amides is 2. The normalized spacial score (nSPS) is 15.6. The molecule has 0 bridgehead atoms. The van der Waals surface area contributed by atoms with Crippen molar-refractivity contribution in [3.8, 4) is 22.8 Å². The Labute approximate surface area is 230 Å². The number of phenols is 1. The summed E-state index contributed by atoms with van der Waals surface area (Å²) in [5, 5.41) is 20.6. The van der Waals surface area contributed by atoms with Crippen LogP contribution in [0, 0.1) is 5.92 Å². The van der Waals surface area contributed by atoms with E-state index in [-0.39, 0.29) is 47.5 Å². The van der Waals surface area contributed by atoms with Crippen LogP contribution in [0.3, 0.4) is 0 Å². The Hall–Kier alpha value is -4.59. The third-order valence-electron chi connectivity index (χ3n) is 6.95. The minimum absolute atomic E-state index is 0.00816. The lowest BCUT2D eigenvalue weighted by atomic mass is 9.82. The van der Waals surface area contributed by atoms with Crippen LogP contribution in [-0.4, -0.2) is 59.5 Å². The summed E-state index contributed by atoms with van der Waals surface area (Å²) in [7, 11) is 2.68. The molecule has 1 heterocycles. The molecule has 2 aliphatic rings. The van der Waals surface area contributed by atoms with Crippen molar-refractivity contribution in [2.45, 2.75) is 44.6 Å². The summed E-state index contributed by atoms with van der Waals surface area (Å²) in [6, 6.07) is 5.73. The number of carbonyl (C=O) groups excluding carboxylic acids is 3. The van der Waals surface area contributed by atoms with Gasteiger partial charge in [-0.2, -0.15) is 9.49 Å². The van der Waals surface area contributed by atoms with Crippen molar-refractivity contribution in [3.63, 3.8) is 0 Å². The molecule has 4 rings (SSSR count). The molecule has 1 atom stereocenters. The average molecular weight is 551 g/mol. The Morgan fingerprint density at radius 3 is 2.62 bits per heavy atom. The van der Waals surface area contributed by atoms with Gasteiger partial charge in [0, 0.05) is 12.5 Å². The van der Waals surface area contributed by atoms with E-state index in [1.807, 2.05) is 0 Å². The topological polar surface area (TPSA) is 132 Å². The number of esters is 1. The first kappa shape index (κ1) is 28.4. The molecule has 1 saturated carbocycles. The summed E-state index contributed by atoms with van der Waals surface area (Å²) in [6.45, 7) is -0.262. The second-order valence-corrected chi connectivity index (χ2v) is 9.53. The molecule has 1 unspecified atom stereocenters. The number of nitrogens with one attached hydrogen (secondary N) is 2. The van der Waals surface area contributed by atoms with E-state index in [9.17, 15) is 23.9 Å². The lowest BCUT2D eigenvalue weighted by Crippen LogP contribution is -2.45. The van der Waals surface area contributed by atoms with Crippen LogP contribution in [0.2, 0.25) is 0 Å². The number of carbonyl (C=O) groups is 3. The number of allylic oxidation sites excluding steroid dienone is 4. The molecule has 0 saturated heterocycles. The third-order valence-corrected chi connectivity index (χ3v) is 6.95. The molecule has 2 amide bonds. The Bertz CT molecular complexity index is 1430. The molecule has 1 fully saturated rings. The quantitative estimate of drug-likeness (QED) is 0.304. The van der Waals surface area contributed by atoms with Gasteiger partial charge in [0.15, 0.2) is 11.5 Å². The van der Waals surface area contributed by atoms with Gasteiger partial charge in [-0.1, -0.05) is 25.3 Å². The van der Waals surface area contributed by atoms with Gasteiger partial charge in [-0.15, -0.1) is 0 Å². The van der Waals surface area contributed by atoms with Crippen molar-refractivity contribution in [2.24, 2.45) is 5.92 Å². The van der Waals surface area contributed by atoms with Gasteiger partial charge < -0.3 is 25.2 Å². The van der Waals surface area contributed by atoms with Gasteiger partial charge in [0.1, 0.15) is 23.7 Å². The molecular weight excluding hydrogens is 519 g/mol. The van der Waals surface area contributed by atoms with Crippen molar-refractivity contribution in [2.75, 3.05) is 20.8 Å². The Balaban J connectivity index is 1.67. The minimum atomic E-state index is -0.614. The van der Waals surface area contributed by atoms with E-state index in [1.165, 1.54) is 43.2 Å². The van der Waals surface area contributed by atoms with E-state index in [4.69, 9.17) is 4.74 Å². The molecular formula is C29H31FN4O6. The van der Waals surface area contributed by atoms with E-state index >= 15 is 0 Å². The number of nitrogens with zero attached hydrogens (tertiary/aromatic N) is 2. The standard InChI is InChI=1S/C29H31FN4O6/c1-39-25-10-6-9-24(35)28(25)23-15-22(33-34(23)20-13-11-19(30)12-14-20)29(38)32-21(18-7-4-3-5-8-18)16-26(36)31-17-27(37)40-2/h6,9-11,13,15,18,21,35H,3-5,7-8,16-17H2,1-2H3,(H,31,36)(H,32,38). The smallest absolute Gasteiger partial charge is 0.325 e. The molecule has 2 aromatic rings. The van der Waals surface area contributed by atoms with Crippen LogP contribution >= 0.6 is 0 Å². The zero-order valence-electron chi connectivity index (χ0n) is 22.3. The summed E-state index contributed by atoms with van der Waals surface area (Å²) in [5.74, 6) is -1.81. The van der Waals surface area contributed by atoms with E-state index in [0.717, 1.165) is 32.1 Å². The highest BCUT2D eigenvalue weighted by Crippen LogP contribution is 2.39. The molecule has 0 radical (unpaired) electrons. The Morgan fingerprint density at radius 1 is 1.18 bits per heavy atom. The van der Waals surface area contributed by atoms with Gasteiger partial charge in [-0.05, 0) is 60.6 Å². The molecule has 1 aromatic heterocycles. The fourth-order valence-corrected chi connectivity index (χ4v) is 4.91. The predicted molar refractivity (Wildman–Crippen MR) is 144 cm³/mol. The van der Waals surface area contributed by atoms with Gasteiger partial charge in [-0.3, -0.25) is 14.4 Å². The average Bonchev–Trinajstić information content (AvgIpc) is 3.41. The van der Waals surface area contributed by atoms with Crippen LogP contribution in [0.15, 0.2) is 53.7 Å². The van der Waals surface area contributed by atoms with Gasteiger partial charge >= 0.3 is 5.97 Å². The van der Waals surface area contributed by atoms with Crippen LogP contribution < -0.4 is 15.4 Å². The van der Waals surface area contributed by atoms with Gasteiger partial charge in [0.2, 0.25) is 5.91 Å². The van der Waals surface area contributed by atoms with Gasteiger partial charge in [0.25, 0.3) is 5.91 Å². The molecule has 3 N–H and O–H groups in total. The van der Waals surface area contributed by atoms with E-state index < -0.39 is 23.7 Å². The molecule has 11 heteroatoms. The lowest BCUT2D eigenvalue weighted by molar-refractivity contribution is -0.141. The first-order valence-electron chi connectivity index (χ1n) is 13.0. The summed E-state index contributed by atoms with van der Waals surface area (Å²) in [4.78, 5) is 37.6. The molecule has 40 heavy (non-hydrogen) atoms. The van der Waals surface area contributed by atoms with E-state index in [1.54, 1.807) is 12.1 Å². The third kappa shape index (κ3) is 6.69. The lowest BCUT2D eigenvalue weighted by Gasteiger charge is -2.30. The number of methoxy groups -OCH3 is 2. The zero-order chi connectivity index (χ0) is 28.6. The van der Waals surface area contributed by atoms with E-state index in [2.05, 4.69) is 31.9 Å². The number of ether oxygens (including phenoxy) is 2. The first-order chi connectivity index (χ1) is 19.3. The highest BCUT2D eigenvalue weighted by molar-refractivity contribution is 5.95. The maximum absolute atomic E-state index is 13.6. The monoisotopic (exact) mass is 550 g/mol. The minimum Gasteiger partial charge on any atom is -0.507 e. The first-order valence-corrected chi connectivity index (χ1v) is 13.0. The number of aromatic nitrogens is 2. The summed E-state index contributed by atoms with van der Waals surface area (Å²) in [6.07, 6.45) is 7.36. The molecule has 1 aromatic carbocycles. The van der Waals surface area contributed by atoms with Gasteiger partial charge in [0.05, 0.1) is 25.5 Å². The van der Waals surface area contributed by atoms with Gasteiger partial charge in [-0.25, -0.2) is 4.68 Å². The maximum Gasteiger partial charge on any atom is 0.325 e. The maximum atomic E-state index is 13.6. The summed E-state index contributed by atoms with van der Waals surface area (Å²) < 4.78 is 25.0. The van der Waals surface area contributed by atoms with Crippen LogP contribution in [0.25, 0.3) is 17.0 Å². The number of hydrogen-bond acceptors (Lipinski definition) is 7. The Kier molecular flexibility index (Phi) is 9.22. The second kappa shape index (κ2) is 13.0. The number of halogens is 1. The highest BCUT2D eigenvalue weighted by atomic mass is 19.1. The molecule has 0 spiro atoms. The SMILES string of the molecule is COC(=O)CNC(=O)CC(NC(=O)c1cc(-c2c(O)cccc2OC)n(C2=C=C=C(F)C=C2)n1)C1CCCCC1. The van der Waals surface area contributed by atoms with Crippen molar-refractivity contribution in [1.29, 1.82) is 0 Å². The molecule has 10 nitrogen and oxygen atoms in total.